The minimum Gasteiger partial charge on any atom is -0.465 e. The molecular weight excluding hydrogens is 459 g/mol. The maximum absolute atomic E-state index is 14.2. The second-order valence-electron chi connectivity index (χ2n) is 7.44. The highest BCUT2D eigenvalue weighted by Crippen LogP contribution is 2.31. The molecule has 34 heavy (non-hydrogen) atoms. The molecule has 0 radical (unpaired) electrons. The number of aromatic nitrogens is 1. The van der Waals surface area contributed by atoms with E-state index < -0.39 is 29.4 Å². The zero-order valence-corrected chi connectivity index (χ0v) is 19.5. The van der Waals surface area contributed by atoms with E-state index in [1.54, 1.807) is 56.3 Å². The number of rotatable bonds is 5. The maximum Gasteiger partial charge on any atom is 0.338 e. The number of fused-ring (bicyclic) bond motifs is 1. The van der Waals surface area contributed by atoms with Crippen LogP contribution in [-0.2, 0) is 14.3 Å². The maximum atomic E-state index is 14.2. The summed E-state index contributed by atoms with van der Waals surface area (Å²) in [5.74, 6) is -1.54. The standard InChI is InChI=1S/C25H21FN2O5S/c1-4-33-24(31)20-14(2)27-25-28(21(20)15-9-11-16(12-10-15)23(30)32-3)22(29)19(34-25)13-17-7-5-6-8-18(17)26/h5-13,21H,4H2,1-3H3/b19-13-. The number of halogens is 1. The number of hydrogen-bond donors (Lipinski definition) is 0. The lowest BCUT2D eigenvalue weighted by atomic mass is 9.95. The van der Waals surface area contributed by atoms with E-state index in [9.17, 15) is 18.8 Å². The van der Waals surface area contributed by atoms with Crippen LogP contribution in [0, 0.1) is 5.82 Å². The Labute approximate surface area is 198 Å². The molecule has 1 unspecified atom stereocenters. The topological polar surface area (TPSA) is 87.0 Å². The number of benzene rings is 2. The Morgan fingerprint density at radius 3 is 2.50 bits per heavy atom. The molecule has 9 heteroatoms. The monoisotopic (exact) mass is 480 g/mol. The molecule has 3 aromatic rings. The number of carbonyl (C=O) groups is 2. The van der Waals surface area contributed by atoms with Crippen LogP contribution in [-0.4, -0.2) is 30.2 Å². The minimum absolute atomic E-state index is 0.154. The molecule has 0 saturated carbocycles. The average molecular weight is 481 g/mol. The Balaban J connectivity index is 1.94. The Morgan fingerprint density at radius 1 is 1.15 bits per heavy atom. The van der Waals surface area contributed by atoms with Crippen LogP contribution >= 0.6 is 11.3 Å². The SMILES string of the molecule is CCOC(=O)C1=C(C)N=c2s/c(=C\c3ccccc3F)c(=O)n2C1c1ccc(C(=O)OC)cc1. The number of thiazole rings is 1. The normalized spacial score (nSPS) is 15.5. The third-order valence-corrected chi connectivity index (χ3v) is 6.34. The molecule has 0 saturated heterocycles. The lowest BCUT2D eigenvalue weighted by Gasteiger charge is -2.24. The van der Waals surface area contributed by atoms with Crippen molar-refractivity contribution in [2.75, 3.05) is 13.7 Å². The fourth-order valence-corrected chi connectivity index (χ4v) is 4.80. The molecule has 174 valence electrons. The smallest absolute Gasteiger partial charge is 0.338 e. The van der Waals surface area contributed by atoms with Crippen LogP contribution in [0.3, 0.4) is 0 Å². The van der Waals surface area contributed by atoms with Gasteiger partial charge in [0.25, 0.3) is 5.56 Å². The fourth-order valence-electron chi connectivity index (χ4n) is 3.76. The summed E-state index contributed by atoms with van der Waals surface area (Å²) >= 11 is 1.11. The van der Waals surface area contributed by atoms with Gasteiger partial charge in [-0.1, -0.05) is 41.7 Å². The Bertz CT molecular complexity index is 1480. The summed E-state index contributed by atoms with van der Waals surface area (Å²) in [6.07, 6.45) is 1.47. The molecule has 2 heterocycles. The van der Waals surface area contributed by atoms with Crippen LogP contribution in [0.25, 0.3) is 6.08 Å². The third kappa shape index (κ3) is 4.22. The molecule has 4 rings (SSSR count). The van der Waals surface area contributed by atoms with E-state index in [1.165, 1.54) is 23.8 Å². The quantitative estimate of drug-likeness (QED) is 0.524. The first-order chi connectivity index (χ1) is 16.3. The van der Waals surface area contributed by atoms with E-state index in [0.29, 0.717) is 21.6 Å². The highest BCUT2D eigenvalue weighted by atomic mass is 32.1. The van der Waals surface area contributed by atoms with Gasteiger partial charge in [-0.05, 0) is 43.7 Å². The van der Waals surface area contributed by atoms with Gasteiger partial charge in [0.2, 0.25) is 0 Å². The lowest BCUT2D eigenvalue weighted by Crippen LogP contribution is -2.40. The van der Waals surface area contributed by atoms with E-state index in [-0.39, 0.29) is 22.3 Å². The van der Waals surface area contributed by atoms with Gasteiger partial charge in [0.05, 0.1) is 41.1 Å². The number of allylic oxidation sites excluding steroid dienone is 1. The van der Waals surface area contributed by atoms with Crippen molar-refractivity contribution in [1.82, 2.24) is 4.57 Å². The van der Waals surface area contributed by atoms with Gasteiger partial charge in [-0.2, -0.15) is 0 Å². The molecule has 0 N–H and O–H groups in total. The molecule has 0 bridgehead atoms. The molecule has 1 atom stereocenters. The van der Waals surface area contributed by atoms with Crippen molar-refractivity contribution in [1.29, 1.82) is 0 Å². The summed E-state index contributed by atoms with van der Waals surface area (Å²) in [6.45, 7) is 3.52. The first-order valence-corrected chi connectivity index (χ1v) is 11.3. The number of ether oxygens (including phenoxy) is 2. The zero-order valence-electron chi connectivity index (χ0n) is 18.7. The molecule has 1 aromatic heterocycles. The molecular formula is C25H21FN2O5S. The first-order valence-electron chi connectivity index (χ1n) is 10.5. The van der Waals surface area contributed by atoms with Crippen molar-refractivity contribution >= 4 is 29.4 Å². The largest absolute Gasteiger partial charge is 0.465 e. The third-order valence-electron chi connectivity index (χ3n) is 5.36. The van der Waals surface area contributed by atoms with Gasteiger partial charge >= 0.3 is 11.9 Å². The van der Waals surface area contributed by atoms with Gasteiger partial charge < -0.3 is 9.47 Å². The van der Waals surface area contributed by atoms with Crippen molar-refractivity contribution < 1.29 is 23.5 Å². The van der Waals surface area contributed by atoms with Crippen LogP contribution in [0.1, 0.15) is 41.4 Å². The van der Waals surface area contributed by atoms with Crippen LogP contribution in [0.2, 0.25) is 0 Å². The number of esters is 2. The predicted molar refractivity (Wildman–Crippen MR) is 125 cm³/mol. The van der Waals surface area contributed by atoms with E-state index in [0.717, 1.165) is 11.3 Å². The molecule has 2 aromatic carbocycles. The number of nitrogens with zero attached hydrogens (tertiary/aromatic N) is 2. The highest BCUT2D eigenvalue weighted by Gasteiger charge is 2.33. The van der Waals surface area contributed by atoms with E-state index in [1.807, 2.05) is 0 Å². The van der Waals surface area contributed by atoms with Gasteiger partial charge in [-0.3, -0.25) is 9.36 Å². The fraction of sp³-hybridized carbons (Fsp3) is 0.200. The lowest BCUT2D eigenvalue weighted by molar-refractivity contribution is -0.139. The van der Waals surface area contributed by atoms with Crippen molar-refractivity contribution in [3.8, 4) is 0 Å². The van der Waals surface area contributed by atoms with Crippen LogP contribution < -0.4 is 14.9 Å². The van der Waals surface area contributed by atoms with Crippen molar-refractivity contribution in [2.45, 2.75) is 19.9 Å². The van der Waals surface area contributed by atoms with Gasteiger partial charge in [-0.15, -0.1) is 0 Å². The molecule has 0 spiro atoms. The van der Waals surface area contributed by atoms with Crippen LogP contribution in [0.15, 0.2) is 69.6 Å². The molecule has 0 amide bonds. The summed E-state index contributed by atoms with van der Waals surface area (Å²) < 4.78 is 25.9. The summed E-state index contributed by atoms with van der Waals surface area (Å²) in [5, 5.41) is 0. The van der Waals surface area contributed by atoms with Crippen molar-refractivity contribution in [3.63, 3.8) is 0 Å². The first kappa shape index (κ1) is 23.3. The summed E-state index contributed by atoms with van der Waals surface area (Å²) in [4.78, 5) is 43.1. The van der Waals surface area contributed by atoms with Gasteiger partial charge in [0.15, 0.2) is 4.80 Å². The summed E-state index contributed by atoms with van der Waals surface area (Å²) in [6, 6.07) is 11.8. The van der Waals surface area contributed by atoms with Crippen LogP contribution in [0.4, 0.5) is 4.39 Å². The van der Waals surface area contributed by atoms with Gasteiger partial charge in [-0.25, -0.2) is 19.0 Å². The number of hydrogen-bond acceptors (Lipinski definition) is 7. The molecule has 7 nitrogen and oxygen atoms in total. The molecule has 1 aliphatic rings. The Kier molecular flexibility index (Phi) is 6.56. The second kappa shape index (κ2) is 9.56. The van der Waals surface area contributed by atoms with E-state index in [4.69, 9.17) is 9.47 Å². The molecule has 1 aliphatic heterocycles. The summed E-state index contributed by atoms with van der Waals surface area (Å²) in [5.41, 5.74) is 1.41. The Hall–Kier alpha value is -3.85. The number of carbonyl (C=O) groups excluding carboxylic acids is 2. The van der Waals surface area contributed by atoms with Crippen molar-refractivity contribution in [2.24, 2.45) is 4.99 Å². The van der Waals surface area contributed by atoms with E-state index in [2.05, 4.69) is 4.99 Å². The summed E-state index contributed by atoms with van der Waals surface area (Å²) in [7, 11) is 1.29. The number of methoxy groups -OCH3 is 1. The molecule has 0 fully saturated rings. The van der Waals surface area contributed by atoms with Gasteiger partial charge in [0.1, 0.15) is 5.82 Å². The zero-order chi connectivity index (χ0) is 24.4. The van der Waals surface area contributed by atoms with Crippen LogP contribution in [0.5, 0.6) is 0 Å². The average Bonchev–Trinajstić information content (AvgIpc) is 3.13. The van der Waals surface area contributed by atoms with Gasteiger partial charge in [0, 0.05) is 5.56 Å². The second-order valence-corrected chi connectivity index (χ2v) is 8.45. The van der Waals surface area contributed by atoms with Crippen molar-refractivity contribution in [3.05, 3.63) is 102 Å². The Morgan fingerprint density at radius 2 is 1.85 bits per heavy atom. The molecule has 0 aliphatic carbocycles. The highest BCUT2D eigenvalue weighted by molar-refractivity contribution is 7.07. The predicted octanol–water partition coefficient (Wildman–Crippen LogP) is 2.72. The van der Waals surface area contributed by atoms with E-state index >= 15 is 0 Å². The minimum atomic E-state index is -0.829.